The number of benzene rings is 2. The van der Waals surface area contributed by atoms with E-state index in [-0.39, 0.29) is 18.2 Å². The lowest BCUT2D eigenvalue weighted by Gasteiger charge is -2.20. The molecule has 1 fully saturated rings. The summed E-state index contributed by atoms with van der Waals surface area (Å²) in [5.74, 6) is -0.709. The molecule has 0 aliphatic carbocycles. The van der Waals surface area contributed by atoms with Crippen molar-refractivity contribution >= 4 is 46.4 Å². The van der Waals surface area contributed by atoms with Gasteiger partial charge in [-0.25, -0.2) is 0 Å². The zero-order valence-electron chi connectivity index (χ0n) is 14.0. The van der Waals surface area contributed by atoms with Crippen molar-refractivity contribution in [3.63, 3.8) is 0 Å². The zero-order valence-corrected chi connectivity index (χ0v) is 15.5. The molecule has 1 atom stereocenters. The van der Waals surface area contributed by atoms with E-state index in [1.54, 1.807) is 23.1 Å². The zero-order chi connectivity index (χ0) is 18.1. The lowest BCUT2D eigenvalue weighted by molar-refractivity contribution is -0.122. The van der Waals surface area contributed by atoms with Crippen molar-refractivity contribution in [3.8, 4) is 0 Å². The summed E-state index contributed by atoms with van der Waals surface area (Å²) >= 11 is 12.1. The van der Waals surface area contributed by atoms with Gasteiger partial charge in [0.05, 0.1) is 21.7 Å². The van der Waals surface area contributed by atoms with Crippen LogP contribution in [-0.4, -0.2) is 18.4 Å². The molecule has 6 heteroatoms. The van der Waals surface area contributed by atoms with Gasteiger partial charge in [0.1, 0.15) is 0 Å². The van der Waals surface area contributed by atoms with Crippen molar-refractivity contribution < 1.29 is 9.59 Å². The third kappa shape index (κ3) is 3.51. The monoisotopic (exact) mass is 376 g/mol. The van der Waals surface area contributed by atoms with Crippen LogP contribution in [-0.2, 0) is 9.59 Å². The highest BCUT2D eigenvalue weighted by atomic mass is 35.5. The normalized spacial score (nSPS) is 17.0. The smallest absolute Gasteiger partial charge is 0.229 e. The summed E-state index contributed by atoms with van der Waals surface area (Å²) in [5.41, 5.74) is 3.48. The number of rotatable bonds is 3. The first-order valence-electron chi connectivity index (χ1n) is 8.00. The molecule has 25 heavy (non-hydrogen) atoms. The number of carbonyl (C=O) groups excluding carboxylic acids is 2. The van der Waals surface area contributed by atoms with Crippen LogP contribution in [0.3, 0.4) is 0 Å². The summed E-state index contributed by atoms with van der Waals surface area (Å²) in [7, 11) is 0. The number of amides is 2. The molecule has 1 heterocycles. The highest BCUT2D eigenvalue weighted by Gasteiger charge is 2.36. The van der Waals surface area contributed by atoms with Gasteiger partial charge in [-0.2, -0.15) is 0 Å². The molecule has 0 saturated carbocycles. The molecule has 0 aromatic heterocycles. The standard InChI is InChI=1S/C19H18Cl2N2O2/c1-11-5-3-8-16(12(11)2)23-10-13(9-17(23)24)19(25)22-15-7-4-6-14(20)18(15)21/h3-8,13H,9-10H2,1-2H3,(H,22,25)/t13-/m1/s1. The third-order valence-electron chi connectivity index (χ3n) is 4.57. The molecule has 1 N–H and O–H groups in total. The van der Waals surface area contributed by atoms with Gasteiger partial charge in [0, 0.05) is 18.7 Å². The molecule has 1 aliphatic heterocycles. The van der Waals surface area contributed by atoms with Gasteiger partial charge >= 0.3 is 0 Å². The molecular formula is C19H18Cl2N2O2. The Hall–Kier alpha value is -2.04. The van der Waals surface area contributed by atoms with Gasteiger partial charge < -0.3 is 10.2 Å². The Labute approximate surface area is 156 Å². The summed E-state index contributed by atoms with van der Waals surface area (Å²) in [4.78, 5) is 26.7. The number of aryl methyl sites for hydroxylation is 1. The first-order chi connectivity index (χ1) is 11.9. The van der Waals surface area contributed by atoms with Crippen LogP contribution < -0.4 is 10.2 Å². The van der Waals surface area contributed by atoms with E-state index in [0.29, 0.717) is 22.3 Å². The van der Waals surface area contributed by atoms with E-state index < -0.39 is 5.92 Å². The number of anilines is 2. The maximum atomic E-state index is 12.6. The quantitative estimate of drug-likeness (QED) is 0.850. The van der Waals surface area contributed by atoms with E-state index in [4.69, 9.17) is 23.2 Å². The van der Waals surface area contributed by atoms with E-state index in [0.717, 1.165) is 16.8 Å². The van der Waals surface area contributed by atoms with Crippen LogP contribution in [0.5, 0.6) is 0 Å². The average Bonchev–Trinajstić information content (AvgIpc) is 2.96. The number of nitrogens with one attached hydrogen (secondary N) is 1. The van der Waals surface area contributed by atoms with Gasteiger partial charge in [-0.05, 0) is 43.2 Å². The van der Waals surface area contributed by atoms with Crippen LogP contribution in [0, 0.1) is 19.8 Å². The van der Waals surface area contributed by atoms with E-state index in [1.165, 1.54) is 0 Å². The van der Waals surface area contributed by atoms with Gasteiger partial charge in [-0.3, -0.25) is 9.59 Å². The Morgan fingerprint density at radius 3 is 2.64 bits per heavy atom. The van der Waals surface area contributed by atoms with Crippen LogP contribution in [0.2, 0.25) is 10.0 Å². The SMILES string of the molecule is Cc1cccc(N2C[C@H](C(=O)Nc3cccc(Cl)c3Cl)CC2=O)c1C. The van der Waals surface area contributed by atoms with Crippen LogP contribution in [0.25, 0.3) is 0 Å². The molecule has 1 aliphatic rings. The van der Waals surface area contributed by atoms with Crippen LogP contribution in [0.1, 0.15) is 17.5 Å². The fraction of sp³-hybridized carbons (Fsp3) is 0.263. The van der Waals surface area contributed by atoms with Gasteiger partial charge in [-0.1, -0.05) is 41.4 Å². The highest BCUT2D eigenvalue weighted by Crippen LogP contribution is 2.32. The number of carbonyl (C=O) groups is 2. The van der Waals surface area contributed by atoms with Crippen LogP contribution >= 0.6 is 23.2 Å². The van der Waals surface area contributed by atoms with Crippen molar-refractivity contribution in [2.24, 2.45) is 5.92 Å². The largest absolute Gasteiger partial charge is 0.324 e. The maximum absolute atomic E-state index is 12.6. The average molecular weight is 377 g/mol. The molecule has 0 spiro atoms. The minimum absolute atomic E-state index is 0.0500. The van der Waals surface area contributed by atoms with E-state index >= 15 is 0 Å². The second kappa shape index (κ2) is 7.06. The minimum atomic E-state index is -0.428. The molecule has 0 bridgehead atoms. The fourth-order valence-corrected chi connectivity index (χ4v) is 3.33. The van der Waals surface area contributed by atoms with Crippen molar-refractivity contribution in [2.75, 3.05) is 16.8 Å². The molecule has 3 rings (SSSR count). The molecule has 130 valence electrons. The predicted molar refractivity (Wildman–Crippen MR) is 101 cm³/mol. The lowest BCUT2D eigenvalue weighted by Crippen LogP contribution is -2.28. The molecular weight excluding hydrogens is 359 g/mol. The first-order valence-corrected chi connectivity index (χ1v) is 8.75. The summed E-state index contributed by atoms with van der Waals surface area (Å²) in [6.07, 6.45) is 0.178. The second-order valence-electron chi connectivity index (χ2n) is 6.22. The Kier molecular flexibility index (Phi) is 5.02. The van der Waals surface area contributed by atoms with Crippen LogP contribution in [0.15, 0.2) is 36.4 Å². The fourth-order valence-electron chi connectivity index (χ4n) is 2.98. The first kappa shape index (κ1) is 17.8. The van der Waals surface area contributed by atoms with Crippen molar-refractivity contribution in [2.45, 2.75) is 20.3 Å². The Balaban J connectivity index is 1.77. The summed E-state index contributed by atoms with van der Waals surface area (Å²) in [6.45, 7) is 4.34. The number of nitrogens with zero attached hydrogens (tertiary/aromatic N) is 1. The topological polar surface area (TPSA) is 49.4 Å². The van der Waals surface area contributed by atoms with Crippen molar-refractivity contribution in [1.82, 2.24) is 0 Å². The number of hydrogen-bond donors (Lipinski definition) is 1. The maximum Gasteiger partial charge on any atom is 0.229 e. The van der Waals surface area contributed by atoms with Gasteiger partial charge in [0.2, 0.25) is 11.8 Å². The van der Waals surface area contributed by atoms with E-state index in [9.17, 15) is 9.59 Å². The molecule has 2 amide bonds. The summed E-state index contributed by atoms with van der Waals surface area (Å²) in [5, 5.41) is 3.45. The van der Waals surface area contributed by atoms with Gasteiger partial charge in [0.15, 0.2) is 0 Å². The van der Waals surface area contributed by atoms with Crippen LogP contribution in [0.4, 0.5) is 11.4 Å². The Morgan fingerprint density at radius 2 is 1.88 bits per heavy atom. The Morgan fingerprint density at radius 1 is 1.16 bits per heavy atom. The predicted octanol–water partition coefficient (Wildman–Crippen LogP) is 4.60. The molecule has 4 nitrogen and oxygen atoms in total. The summed E-state index contributed by atoms with van der Waals surface area (Å²) in [6, 6.07) is 10.9. The number of halogens is 2. The molecule has 1 saturated heterocycles. The van der Waals surface area contributed by atoms with Gasteiger partial charge in [-0.15, -0.1) is 0 Å². The van der Waals surface area contributed by atoms with E-state index in [1.807, 2.05) is 32.0 Å². The van der Waals surface area contributed by atoms with Gasteiger partial charge in [0.25, 0.3) is 0 Å². The summed E-state index contributed by atoms with van der Waals surface area (Å²) < 4.78 is 0. The molecule has 0 radical (unpaired) electrons. The van der Waals surface area contributed by atoms with Crippen molar-refractivity contribution in [1.29, 1.82) is 0 Å². The van der Waals surface area contributed by atoms with Crippen molar-refractivity contribution in [3.05, 3.63) is 57.6 Å². The second-order valence-corrected chi connectivity index (χ2v) is 7.00. The number of hydrogen-bond acceptors (Lipinski definition) is 2. The molecule has 2 aromatic rings. The minimum Gasteiger partial charge on any atom is -0.324 e. The highest BCUT2D eigenvalue weighted by molar-refractivity contribution is 6.44. The Bertz CT molecular complexity index is 851. The molecule has 2 aromatic carbocycles. The third-order valence-corrected chi connectivity index (χ3v) is 5.39. The lowest BCUT2D eigenvalue weighted by atomic mass is 10.1. The van der Waals surface area contributed by atoms with E-state index in [2.05, 4.69) is 5.32 Å². The molecule has 0 unspecified atom stereocenters.